The summed E-state index contributed by atoms with van der Waals surface area (Å²) in [5.41, 5.74) is 8.03. The monoisotopic (exact) mass is 179 g/mol. The lowest BCUT2D eigenvalue weighted by atomic mass is 10.0. The molecular weight excluding hydrogens is 162 g/mol. The Morgan fingerprint density at radius 3 is 2.85 bits per heavy atom. The topological polar surface area (TPSA) is 46.2 Å². The van der Waals surface area contributed by atoms with Crippen LogP contribution in [0.15, 0.2) is 24.3 Å². The first kappa shape index (κ1) is 10.2. The molecule has 2 heteroatoms. The molecule has 0 bridgehead atoms. The van der Waals surface area contributed by atoms with E-state index >= 15 is 0 Å². The van der Waals surface area contributed by atoms with Crippen molar-refractivity contribution in [2.45, 2.75) is 25.8 Å². The van der Waals surface area contributed by atoms with E-state index in [0.717, 1.165) is 18.4 Å². The highest BCUT2D eigenvalue weighted by Gasteiger charge is 2.03. The van der Waals surface area contributed by atoms with Crippen LogP contribution in [0.5, 0.6) is 0 Å². The molecule has 1 aromatic carbocycles. The van der Waals surface area contributed by atoms with Gasteiger partial charge >= 0.3 is 0 Å². The second-order valence-corrected chi connectivity index (χ2v) is 3.28. The highest BCUT2D eigenvalue weighted by Crippen LogP contribution is 2.13. The summed E-state index contributed by atoms with van der Waals surface area (Å²) in [4.78, 5) is 0. The minimum Gasteiger partial charge on any atom is -0.394 e. The quantitative estimate of drug-likeness (QED) is 0.738. The van der Waals surface area contributed by atoms with Gasteiger partial charge in [-0.1, -0.05) is 37.6 Å². The molecule has 0 fully saturated rings. The summed E-state index contributed by atoms with van der Waals surface area (Å²) in [5, 5.41) is 8.88. The first-order valence-corrected chi connectivity index (χ1v) is 4.73. The summed E-state index contributed by atoms with van der Waals surface area (Å²) >= 11 is 0. The SMILES string of the molecule is CCCc1cccc([C@@H](N)CO)c1. The second kappa shape index (κ2) is 5.00. The van der Waals surface area contributed by atoms with Crippen molar-refractivity contribution in [3.05, 3.63) is 35.4 Å². The van der Waals surface area contributed by atoms with E-state index < -0.39 is 0 Å². The normalized spacial score (nSPS) is 12.8. The number of aliphatic hydroxyl groups is 1. The zero-order valence-electron chi connectivity index (χ0n) is 8.03. The molecule has 0 aromatic heterocycles. The van der Waals surface area contributed by atoms with E-state index in [0.29, 0.717) is 0 Å². The van der Waals surface area contributed by atoms with Gasteiger partial charge < -0.3 is 10.8 Å². The Bertz CT molecular complexity index is 260. The Hall–Kier alpha value is -0.860. The van der Waals surface area contributed by atoms with Crippen LogP contribution in [0.25, 0.3) is 0 Å². The lowest BCUT2D eigenvalue weighted by Crippen LogP contribution is -2.14. The molecule has 0 heterocycles. The van der Waals surface area contributed by atoms with Crippen molar-refractivity contribution in [1.82, 2.24) is 0 Å². The largest absolute Gasteiger partial charge is 0.394 e. The molecule has 0 aliphatic heterocycles. The molecule has 1 rings (SSSR count). The van der Waals surface area contributed by atoms with Crippen molar-refractivity contribution in [1.29, 1.82) is 0 Å². The zero-order valence-corrected chi connectivity index (χ0v) is 8.03. The standard InChI is InChI=1S/C11H17NO/c1-2-4-9-5-3-6-10(7-9)11(12)8-13/h3,5-7,11,13H,2,4,8,12H2,1H3/t11-/m0/s1. The third-order valence-corrected chi connectivity index (χ3v) is 2.11. The van der Waals surface area contributed by atoms with Gasteiger partial charge in [0.15, 0.2) is 0 Å². The number of hydrogen-bond donors (Lipinski definition) is 2. The summed E-state index contributed by atoms with van der Waals surface area (Å²) in [6.07, 6.45) is 2.21. The Morgan fingerprint density at radius 2 is 2.23 bits per heavy atom. The lowest BCUT2D eigenvalue weighted by Gasteiger charge is -2.09. The summed E-state index contributed by atoms with van der Waals surface area (Å²) < 4.78 is 0. The molecule has 72 valence electrons. The van der Waals surface area contributed by atoms with Crippen molar-refractivity contribution >= 4 is 0 Å². The van der Waals surface area contributed by atoms with Crippen LogP contribution >= 0.6 is 0 Å². The molecular formula is C11H17NO. The molecule has 13 heavy (non-hydrogen) atoms. The van der Waals surface area contributed by atoms with Gasteiger partial charge in [0.05, 0.1) is 12.6 Å². The van der Waals surface area contributed by atoms with Crippen LogP contribution in [0.4, 0.5) is 0 Å². The maximum Gasteiger partial charge on any atom is 0.0624 e. The molecule has 0 aliphatic carbocycles. The highest BCUT2D eigenvalue weighted by atomic mass is 16.3. The minimum absolute atomic E-state index is 0.00950. The van der Waals surface area contributed by atoms with Crippen molar-refractivity contribution in [2.24, 2.45) is 5.73 Å². The number of benzene rings is 1. The third-order valence-electron chi connectivity index (χ3n) is 2.11. The van der Waals surface area contributed by atoms with Crippen LogP contribution < -0.4 is 5.73 Å². The molecule has 0 unspecified atom stereocenters. The maximum absolute atomic E-state index is 8.88. The number of rotatable bonds is 4. The Balaban J connectivity index is 2.78. The summed E-state index contributed by atoms with van der Waals surface area (Å²) in [5.74, 6) is 0. The Kier molecular flexibility index (Phi) is 3.93. The fourth-order valence-corrected chi connectivity index (χ4v) is 1.37. The fraction of sp³-hybridized carbons (Fsp3) is 0.455. The summed E-state index contributed by atoms with van der Waals surface area (Å²) in [6.45, 7) is 2.16. The van der Waals surface area contributed by atoms with Crippen LogP contribution in [-0.4, -0.2) is 11.7 Å². The van der Waals surface area contributed by atoms with Gasteiger partial charge in [-0.3, -0.25) is 0 Å². The first-order valence-electron chi connectivity index (χ1n) is 4.73. The second-order valence-electron chi connectivity index (χ2n) is 3.28. The highest BCUT2D eigenvalue weighted by molar-refractivity contribution is 5.25. The van der Waals surface area contributed by atoms with Gasteiger partial charge in [-0.25, -0.2) is 0 Å². The molecule has 0 amide bonds. The van der Waals surface area contributed by atoms with E-state index in [1.807, 2.05) is 12.1 Å². The molecule has 0 aliphatic rings. The van der Waals surface area contributed by atoms with E-state index in [2.05, 4.69) is 19.1 Å². The smallest absolute Gasteiger partial charge is 0.0624 e. The number of aryl methyl sites for hydroxylation is 1. The summed E-state index contributed by atoms with van der Waals surface area (Å²) in [7, 11) is 0. The van der Waals surface area contributed by atoms with Gasteiger partial charge in [-0.05, 0) is 17.5 Å². The van der Waals surface area contributed by atoms with E-state index in [1.165, 1.54) is 5.56 Å². The maximum atomic E-state index is 8.88. The molecule has 0 saturated carbocycles. The van der Waals surface area contributed by atoms with Crippen LogP contribution in [-0.2, 0) is 6.42 Å². The fourth-order valence-electron chi connectivity index (χ4n) is 1.37. The van der Waals surface area contributed by atoms with Gasteiger partial charge in [0.1, 0.15) is 0 Å². The van der Waals surface area contributed by atoms with Gasteiger partial charge in [0.25, 0.3) is 0 Å². The third kappa shape index (κ3) is 2.83. The summed E-state index contributed by atoms with van der Waals surface area (Å²) in [6, 6.07) is 7.88. The van der Waals surface area contributed by atoms with E-state index in [1.54, 1.807) is 0 Å². The van der Waals surface area contributed by atoms with Crippen LogP contribution in [0.1, 0.15) is 30.5 Å². The number of nitrogens with two attached hydrogens (primary N) is 1. The molecule has 0 saturated heterocycles. The lowest BCUT2D eigenvalue weighted by molar-refractivity contribution is 0.268. The zero-order chi connectivity index (χ0) is 9.68. The average Bonchev–Trinajstić information content (AvgIpc) is 2.18. The Morgan fingerprint density at radius 1 is 1.46 bits per heavy atom. The van der Waals surface area contributed by atoms with Gasteiger partial charge in [-0.2, -0.15) is 0 Å². The van der Waals surface area contributed by atoms with Gasteiger partial charge in [-0.15, -0.1) is 0 Å². The van der Waals surface area contributed by atoms with E-state index in [4.69, 9.17) is 10.8 Å². The minimum atomic E-state index is -0.239. The first-order chi connectivity index (χ1) is 6.27. The van der Waals surface area contributed by atoms with Gasteiger partial charge in [0.2, 0.25) is 0 Å². The predicted octanol–water partition coefficient (Wildman–Crippen LogP) is 1.63. The van der Waals surface area contributed by atoms with Gasteiger partial charge in [0, 0.05) is 0 Å². The number of aliphatic hydroxyl groups excluding tert-OH is 1. The van der Waals surface area contributed by atoms with E-state index in [9.17, 15) is 0 Å². The molecule has 1 aromatic rings. The molecule has 1 atom stereocenters. The molecule has 0 radical (unpaired) electrons. The Labute approximate surface area is 79.4 Å². The number of hydrogen-bond acceptors (Lipinski definition) is 2. The van der Waals surface area contributed by atoms with Crippen LogP contribution in [0.2, 0.25) is 0 Å². The molecule has 3 N–H and O–H groups in total. The van der Waals surface area contributed by atoms with E-state index in [-0.39, 0.29) is 12.6 Å². The molecule has 2 nitrogen and oxygen atoms in total. The predicted molar refractivity (Wildman–Crippen MR) is 54.5 cm³/mol. The average molecular weight is 179 g/mol. The molecule has 0 spiro atoms. The van der Waals surface area contributed by atoms with Crippen molar-refractivity contribution in [3.63, 3.8) is 0 Å². The van der Waals surface area contributed by atoms with Crippen molar-refractivity contribution < 1.29 is 5.11 Å². The van der Waals surface area contributed by atoms with Crippen molar-refractivity contribution in [2.75, 3.05) is 6.61 Å². The van der Waals surface area contributed by atoms with Crippen molar-refractivity contribution in [3.8, 4) is 0 Å². The van der Waals surface area contributed by atoms with Crippen LogP contribution in [0, 0.1) is 0 Å². The van der Waals surface area contributed by atoms with Crippen LogP contribution in [0.3, 0.4) is 0 Å².